The zero-order valence-electron chi connectivity index (χ0n) is 41.8. The van der Waals surface area contributed by atoms with E-state index in [1.165, 1.54) is 66.8 Å². The predicted molar refractivity (Wildman–Crippen MR) is 287 cm³/mol. The number of rotatable bonds is 2. The number of benzene rings is 7. The maximum absolute atomic E-state index is 7.68. The van der Waals surface area contributed by atoms with Crippen molar-refractivity contribution in [2.24, 2.45) is 0 Å². The molecular weight excluding hydrogens is 828 g/mol. The van der Waals surface area contributed by atoms with Crippen molar-refractivity contribution in [1.82, 2.24) is 0 Å². The number of para-hydroxylation sites is 1. The Bertz CT molecular complexity index is 3620. The van der Waals surface area contributed by atoms with E-state index >= 15 is 0 Å². The summed E-state index contributed by atoms with van der Waals surface area (Å²) in [7, 11) is 0. The molecule has 338 valence electrons. The first-order valence-corrected chi connectivity index (χ1v) is 24.9. The minimum absolute atomic E-state index is 0.00206. The van der Waals surface area contributed by atoms with E-state index in [-0.39, 0.29) is 33.9 Å². The van der Waals surface area contributed by atoms with Gasteiger partial charge in [-0.2, -0.15) is 0 Å². The van der Waals surface area contributed by atoms with Crippen LogP contribution in [0.25, 0.3) is 55.2 Å². The van der Waals surface area contributed by atoms with Crippen molar-refractivity contribution in [2.75, 3.05) is 9.71 Å². The minimum atomic E-state index is -0.318. The van der Waals surface area contributed by atoms with Crippen molar-refractivity contribution in [3.63, 3.8) is 0 Å². The SMILES string of the molecule is CC(C)(C)c1ccc(N2B3c4oc5cc6c(cc5c4N(c4ccc(C(C)(C)C)cc4)c4c3c(cc3c4oc4ccccc43)-c3cc4c(cc32)C(C)(C)c2ccccc2-4)C(C)(C)CCC6(C)C)cc1. The van der Waals surface area contributed by atoms with Crippen LogP contribution < -0.4 is 20.8 Å². The van der Waals surface area contributed by atoms with E-state index in [0.717, 1.165) is 74.2 Å². The van der Waals surface area contributed by atoms with Gasteiger partial charge in [0, 0.05) is 44.2 Å². The summed E-state index contributed by atoms with van der Waals surface area (Å²) < 4.78 is 14.9. The fourth-order valence-electron chi connectivity index (χ4n) is 12.7. The zero-order valence-corrected chi connectivity index (χ0v) is 41.8. The van der Waals surface area contributed by atoms with Gasteiger partial charge in [0.1, 0.15) is 16.8 Å². The van der Waals surface area contributed by atoms with Crippen LogP contribution in [-0.2, 0) is 27.1 Å². The summed E-state index contributed by atoms with van der Waals surface area (Å²) in [5, 5.41) is 3.39. The highest BCUT2D eigenvalue weighted by Gasteiger charge is 2.51. The molecule has 0 N–H and O–H groups in total. The summed E-state index contributed by atoms with van der Waals surface area (Å²) in [6.45, 7) is 28.0. The van der Waals surface area contributed by atoms with Gasteiger partial charge in [-0.1, -0.05) is 150 Å². The fraction of sp³-hybridized carbons (Fsp3) is 0.302. The fourth-order valence-corrected chi connectivity index (χ4v) is 12.7. The second-order valence-corrected chi connectivity index (χ2v) is 24.4. The Hall–Kier alpha value is -6.46. The summed E-state index contributed by atoms with van der Waals surface area (Å²) in [6, 6.07) is 48.7. The predicted octanol–water partition coefficient (Wildman–Crippen LogP) is 16.3. The second-order valence-electron chi connectivity index (χ2n) is 24.4. The van der Waals surface area contributed by atoms with Crippen molar-refractivity contribution < 1.29 is 8.83 Å². The molecule has 68 heavy (non-hydrogen) atoms. The molecule has 0 saturated carbocycles. The largest absolute Gasteiger partial charge is 0.466 e. The topological polar surface area (TPSA) is 32.8 Å². The molecule has 0 spiro atoms. The van der Waals surface area contributed by atoms with Gasteiger partial charge in [0.05, 0.1) is 11.4 Å². The van der Waals surface area contributed by atoms with Crippen LogP contribution in [0.15, 0.2) is 136 Å². The van der Waals surface area contributed by atoms with Crippen molar-refractivity contribution in [1.29, 1.82) is 0 Å². The van der Waals surface area contributed by atoms with Gasteiger partial charge < -0.3 is 18.5 Å². The first-order valence-electron chi connectivity index (χ1n) is 24.9. The van der Waals surface area contributed by atoms with Gasteiger partial charge in [-0.25, -0.2) is 0 Å². The highest BCUT2D eigenvalue weighted by Crippen LogP contribution is 2.58. The normalized spacial score (nSPS) is 17.3. The Morgan fingerprint density at radius 1 is 0.485 bits per heavy atom. The van der Waals surface area contributed by atoms with Crippen LogP contribution in [0.1, 0.15) is 129 Å². The lowest BCUT2D eigenvalue weighted by atomic mass is 9.45. The van der Waals surface area contributed by atoms with Crippen molar-refractivity contribution in [3.8, 4) is 22.3 Å². The third kappa shape index (κ3) is 5.62. The van der Waals surface area contributed by atoms with E-state index in [1.54, 1.807) is 0 Å². The van der Waals surface area contributed by atoms with Gasteiger partial charge in [0.25, 0.3) is 0 Å². The molecule has 0 radical (unpaired) electrons. The molecule has 4 nitrogen and oxygen atoms in total. The van der Waals surface area contributed by atoms with Gasteiger partial charge in [-0.3, -0.25) is 0 Å². The molecule has 2 aliphatic carbocycles. The molecular formula is C63H61BN2O2. The lowest BCUT2D eigenvalue weighted by Gasteiger charge is -2.44. The number of nitrogens with zero attached hydrogens (tertiary/aromatic N) is 2. The van der Waals surface area contributed by atoms with Gasteiger partial charge in [0.2, 0.25) is 0 Å². The molecule has 0 atom stereocenters. The standard InChI is InChI=1S/C63H61BN2O2/c1-59(2,3)36-21-25-38(26-22-36)65-55-46-33-49-50(62(9,10)30-29-61(49,7)8)35-53(46)68-58(55)64-54-44(32-45-41-18-14-16-20-52(41)67-57(45)56(54)65)43-31-42-40-17-13-15-19-47(40)63(11,12)48(42)34-51(43)66(64)39-27-23-37(24-28-39)60(4,5)6/h13-28,31-35H,29-30H2,1-12H3. The monoisotopic (exact) mass is 888 g/mol. The smallest absolute Gasteiger partial charge is 0.376 e. The zero-order chi connectivity index (χ0) is 47.2. The molecule has 13 rings (SSSR count). The van der Waals surface area contributed by atoms with Crippen LogP contribution in [-0.4, -0.2) is 6.85 Å². The lowest BCUT2D eigenvalue weighted by molar-refractivity contribution is 0.332. The maximum atomic E-state index is 7.68. The van der Waals surface area contributed by atoms with E-state index in [9.17, 15) is 0 Å². The van der Waals surface area contributed by atoms with Gasteiger partial charge in [-0.15, -0.1) is 0 Å². The van der Waals surface area contributed by atoms with Crippen LogP contribution in [0.3, 0.4) is 0 Å². The second kappa shape index (κ2) is 13.4. The number of furan rings is 2. The van der Waals surface area contributed by atoms with Crippen LogP contribution >= 0.6 is 0 Å². The first-order chi connectivity index (χ1) is 32.2. The number of anilines is 5. The van der Waals surface area contributed by atoms with Gasteiger partial charge >= 0.3 is 6.85 Å². The molecule has 0 bridgehead atoms. The summed E-state index contributed by atoms with van der Waals surface area (Å²) in [5.41, 5.74) is 23.5. The Balaban J connectivity index is 1.21. The molecule has 9 aromatic rings. The van der Waals surface area contributed by atoms with Gasteiger partial charge in [0.15, 0.2) is 5.58 Å². The molecule has 2 aromatic heterocycles. The molecule has 0 amide bonds. The highest BCUT2D eigenvalue weighted by molar-refractivity contribution is 6.93. The minimum Gasteiger partial charge on any atom is -0.466 e. The van der Waals surface area contributed by atoms with E-state index in [1.807, 2.05) is 0 Å². The molecule has 7 aromatic carbocycles. The summed E-state index contributed by atoms with van der Waals surface area (Å²) in [5.74, 6) is 0. The van der Waals surface area contributed by atoms with Crippen LogP contribution in [0.2, 0.25) is 0 Å². The van der Waals surface area contributed by atoms with E-state index in [0.29, 0.717) is 0 Å². The highest BCUT2D eigenvalue weighted by atomic mass is 16.3. The Labute approximate surface area is 402 Å². The third-order valence-electron chi connectivity index (χ3n) is 16.8. The van der Waals surface area contributed by atoms with Crippen molar-refractivity contribution in [3.05, 3.63) is 161 Å². The Morgan fingerprint density at radius 3 is 1.78 bits per heavy atom. The Morgan fingerprint density at radius 2 is 1.10 bits per heavy atom. The molecule has 4 heterocycles. The van der Waals surface area contributed by atoms with Gasteiger partial charge in [-0.05, 0) is 151 Å². The lowest BCUT2D eigenvalue weighted by Crippen LogP contribution is -2.61. The summed E-state index contributed by atoms with van der Waals surface area (Å²) in [6.07, 6.45) is 2.26. The quantitative estimate of drug-likeness (QED) is 0.162. The number of hydrogen-bond acceptors (Lipinski definition) is 4. The summed E-state index contributed by atoms with van der Waals surface area (Å²) >= 11 is 0. The average molecular weight is 889 g/mol. The number of fused-ring (bicyclic) bond motifs is 14. The summed E-state index contributed by atoms with van der Waals surface area (Å²) in [4.78, 5) is 5.15. The molecule has 2 aliphatic heterocycles. The Kier molecular flexibility index (Phi) is 8.22. The average Bonchev–Trinajstić information content (AvgIpc) is 3.94. The van der Waals surface area contributed by atoms with E-state index < -0.39 is 0 Å². The van der Waals surface area contributed by atoms with Crippen LogP contribution in [0.4, 0.5) is 28.4 Å². The maximum Gasteiger partial charge on any atom is 0.376 e. The van der Waals surface area contributed by atoms with E-state index in [4.69, 9.17) is 8.83 Å². The molecule has 5 heteroatoms. The van der Waals surface area contributed by atoms with Crippen LogP contribution in [0, 0.1) is 0 Å². The molecule has 0 fully saturated rings. The van der Waals surface area contributed by atoms with Crippen molar-refractivity contribution in [2.45, 2.75) is 123 Å². The number of hydrogen-bond donors (Lipinski definition) is 0. The molecule has 0 unspecified atom stereocenters. The van der Waals surface area contributed by atoms with E-state index in [2.05, 4.69) is 220 Å². The van der Waals surface area contributed by atoms with Crippen molar-refractivity contribution >= 4 is 79.3 Å². The van der Waals surface area contributed by atoms with Crippen LogP contribution in [0.5, 0.6) is 0 Å². The third-order valence-corrected chi connectivity index (χ3v) is 16.8. The first kappa shape index (κ1) is 41.7. The molecule has 0 saturated heterocycles. The molecule has 4 aliphatic rings.